The van der Waals surface area contributed by atoms with E-state index in [0.29, 0.717) is 5.41 Å². The van der Waals surface area contributed by atoms with Crippen molar-refractivity contribution in [2.24, 2.45) is 17.1 Å². The Morgan fingerprint density at radius 1 is 1.45 bits per heavy atom. The molecule has 1 saturated carbocycles. The number of rotatable bonds is 1. The molecule has 64 valence electrons. The molecule has 1 aliphatic carbocycles. The van der Waals surface area contributed by atoms with E-state index < -0.39 is 0 Å². The van der Waals surface area contributed by atoms with E-state index in [1.165, 1.54) is 38.8 Å². The van der Waals surface area contributed by atoms with Gasteiger partial charge in [0.1, 0.15) is 0 Å². The van der Waals surface area contributed by atoms with Gasteiger partial charge in [-0.3, -0.25) is 0 Å². The molecule has 1 heterocycles. The van der Waals surface area contributed by atoms with Crippen LogP contribution in [0.15, 0.2) is 0 Å². The average Bonchev–Trinajstić information content (AvgIpc) is 2.48. The summed E-state index contributed by atoms with van der Waals surface area (Å²) < 4.78 is 0. The zero-order chi connectivity index (χ0) is 7.73. The first kappa shape index (κ1) is 7.56. The Morgan fingerprint density at radius 3 is 3.09 bits per heavy atom. The lowest BCUT2D eigenvalue weighted by molar-refractivity contribution is 0.160. The molecule has 0 unspecified atom stereocenters. The summed E-state index contributed by atoms with van der Waals surface area (Å²) in [5.74, 6) is 0.890. The Bertz CT molecular complexity index is 146. The summed E-state index contributed by atoms with van der Waals surface area (Å²) in [6.45, 7) is 3.29. The molecule has 0 radical (unpaired) electrons. The van der Waals surface area contributed by atoms with Crippen LogP contribution in [-0.4, -0.2) is 19.6 Å². The predicted octanol–water partition coefficient (Wildman–Crippen LogP) is 0.725. The summed E-state index contributed by atoms with van der Waals surface area (Å²) in [4.78, 5) is 0. The van der Waals surface area contributed by atoms with Crippen molar-refractivity contribution in [1.82, 2.24) is 5.32 Å². The normalized spacial score (nSPS) is 43.9. The smallest absolute Gasteiger partial charge is 0.00232 e. The first-order valence-electron chi connectivity index (χ1n) is 4.78. The standard InChI is InChI=1S/C9H18N2/c10-6-9-4-2-1-3-8(9)5-11-7-9/h8,11H,1-7,10H2/t8-,9-/m1/s1. The molecule has 0 aromatic carbocycles. The molecule has 2 atom stereocenters. The number of hydrogen-bond donors (Lipinski definition) is 2. The van der Waals surface area contributed by atoms with E-state index in [0.717, 1.165) is 12.5 Å². The third-order valence-electron chi connectivity index (χ3n) is 3.62. The van der Waals surface area contributed by atoms with Crippen LogP contribution in [-0.2, 0) is 0 Å². The predicted molar refractivity (Wildman–Crippen MR) is 46.3 cm³/mol. The Balaban J connectivity index is 2.12. The Hall–Kier alpha value is -0.0800. The van der Waals surface area contributed by atoms with Crippen LogP contribution in [0.4, 0.5) is 0 Å². The lowest BCUT2D eigenvalue weighted by Gasteiger charge is -2.37. The molecule has 11 heavy (non-hydrogen) atoms. The minimum Gasteiger partial charge on any atom is -0.330 e. The van der Waals surface area contributed by atoms with E-state index in [9.17, 15) is 0 Å². The first-order valence-corrected chi connectivity index (χ1v) is 4.78. The van der Waals surface area contributed by atoms with Gasteiger partial charge in [0.05, 0.1) is 0 Å². The van der Waals surface area contributed by atoms with Gasteiger partial charge in [0.25, 0.3) is 0 Å². The molecule has 2 fully saturated rings. The van der Waals surface area contributed by atoms with Crippen molar-refractivity contribution < 1.29 is 0 Å². The number of nitrogens with one attached hydrogen (secondary N) is 1. The van der Waals surface area contributed by atoms with Gasteiger partial charge < -0.3 is 11.1 Å². The molecule has 2 nitrogen and oxygen atoms in total. The van der Waals surface area contributed by atoms with Crippen LogP contribution in [0.3, 0.4) is 0 Å². The van der Waals surface area contributed by atoms with Gasteiger partial charge in [0.15, 0.2) is 0 Å². The fraction of sp³-hybridized carbons (Fsp3) is 1.00. The summed E-state index contributed by atoms with van der Waals surface area (Å²) in [5.41, 5.74) is 6.34. The van der Waals surface area contributed by atoms with E-state index in [4.69, 9.17) is 5.73 Å². The van der Waals surface area contributed by atoms with Crippen molar-refractivity contribution in [3.05, 3.63) is 0 Å². The van der Waals surface area contributed by atoms with E-state index >= 15 is 0 Å². The summed E-state index contributed by atoms with van der Waals surface area (Å²) in [5, 5.41) is 3.48. The minimum atomic E-state index is 0.498. The van der Waals surface area contributed by atoms with Crippen molar-refractivity contribution in [3.8, 4) is 0 Å². The molecule has 2 heteroatoms. The van der Waals surface area contributed by atoms with Gasteiger partial charge >= 0.3 is 0 Å². The monoisotopic (exact) mass is 154 g/mol. The highest BCUT2D eigenvalue weighted by atomic mass is 15.0. The highest BCUT2D eigenvalue weighted by molar-refractivity contribution is 4.97. The summed E-state index contributed by atoms with van der Waals surface area (Å²) in [6, 6.07) is 0. The molecule has 0 spiro atoms. The quantitative estimate of drug-likeness (QED) is 0.584. The molecule has 0 aromatic heterocycles. The second-order valence-electron chi connectivity index (χ2n) is 4.14. The van der Waals surface area contributed by atoms with Crippen LogP contribution in [0.5, 0.6) is 0 Å². The Morgan fingerprint density at radius 2 is 2.36 bits per heavy atom. The summed E-state index contributed by atoms with van der Waals surface area (Å²) in [6.07, 6.45) is 5.59. The highest BCUT2D eigenvalue weighted by Crippen LogP contribution is 2.42. The van der Waals surface area contributed by atoms with E-state index in [-0.39, 0.29) is 0 Å². The van der Waals surface area contributed by atoms with Gasteiger partial charge in [0, 0.05) is 6.54 Å². The lowest BCUT2D eigenvalue weighted by Crippen LogP contribution is -2.40. The molecule has 0 aromatic rings. The molecule has 2 aliphatic rings. The summed E-state index contributed by atoms with van der Waals surface area (Å²) in [7, 11) is 0. The number of hydrogen-bond acceptors (Lipinski definition) is 2. The van der Waals surface area contributed by atoms with Crippen molar-refractivity contribution in [3.63, 3.8) is 0 Å². The fourth-order valence-electron chi connectivity index (χ4n) is 2.77. The molecular weight excluding hydrogens is 136 g/mol. The van der Waals surface area contributed by atoms with Gasteiger partial charge in [-0.15, -0.1) is 0 Å². The van der Waals surface area contributed by atoms with E-state index in [1.54, 1.807) is 0 Å². The van der Waals surface area contributed by atoms with Crippen LogP contribution in [0.1, 0.15) is 25.7 Å². The van der Waals surface area contributed by atoms with Gasteiger partial charge in [-0.05, 0) is 37.3 Å². The van der Waals surface area contributed by atoms with Crippen LogP contribution >= 0.6 is 0 Å². The molecular formula is C9H18N2. The molecule has 0 bridgehead atoms. The van der Waals surface area contributed by atoms with Gasteiger partial charge in [-0.1, -0.05) is 12.8 Å². The zero-order valence-corrected chi connectivity index (χ0v) is 7.10. The first-order chi connectivity index (χ1) is 5.37. The highest BCUT2D eigenvalue weighted by Gasteiger charge is 2.42. The van der Waals surface area contributed by atoms with Crippen LogP contribution in [0.2, 0.25) is 0 Å². The molecule has 1 aliphatic heterocycles. The molecule has 0 amide bonds. The maximum atomic E-state index is 5.84. The lowest BCUT2D eigenvalue weighted by atomic mass is 9.68. The second kappa shape index (κ2) is 2.76. The van der Waals surface area contributed by atoms with Gasteiger partial charge in [0.2, 0.25) is 0 Å². The minimum absolute atomic E-state index is 0.498. The van der Waals surface area contributed by atoms with E-state index in [2.05, 4.69) is 5.32 Å². The molecule has 1 saturated heterocycles. The van der Waals surface area contributed by atoms with Crippen LogP contribution in [0.25, 0.3) is 0 Å². The maximum Gasteiger partial charge on any atom is 0.00232 e. The molecule has 3 N–H and O–H groups in total. The fourth-order valence-corrected chi connectivity index (χ4v) is 2.77. The van der Waals surface area contributed by atoms with Crippen molar-refractivity contribution in [2.45, 2.75) is 25.7 Å². The second-order valence-corrected chi connectivity index (χ2v) is 4.14. The van der Waals surface area contributed by atoms with Gasteiger partial charge in [-0.2, -0.15) is 0 Å². The largest absolute Gasteiger partial charge is 0.330 e. The third kappa shape index (κ3) is 1.09. The average molecular weight is 154 g/mol. The third-order valence-corrected chi connectivity index (χ3v) is 3.62. The van der Waals surface area contributed by atoms with Crippen molar-refractivity contribution >= 4 is 0 Å². The Kier molecular flexibility index (Phi) is 1.90. The van der Waals surface area contributed by atoms with Crippen molar-refractivity contribution in [1.29, 1.82) is 0 Å². The maximum absolute atomic E-state index is 5.84. The molecule has 2 rings (SSSR count). The van der Waals surface area contributed by atoms with E-state index in [1.807, 2.05) is 0 Å². The Labute approximate surface area is 68.5 Å². The van der Waals surface area contributed by atoms with Gasteiger partial charge in [-0.25, -0.2) is 0 Å². The summed E-state index contributed by atoms with van der Waals surface area (Å²) >= 11 is 0. The topological polar surface area (TPSA) is 38.0 Å². The number of nitrogens with two attached hydrogens (primary N) is 1. The van der Waals surface area contributed by atoms with Crippen molar-refractivity contribution in [2.75, 3.05) is 19.6 Å². The zero-order valence-electron chi connectivity index (χ0n) is 7.10. The number of fused-ring (bicyclic) bond motifs is 1. The van der Waals surface area contributed by atoms with Crippen LogP contribution in [0, 0.1) is 11.3 Å². The van der Waals surface area contributed by atoms with Crippen LogP contribution < -0.4 is 11.1 Å². The SMILES string of the molecule is NC[C@@]12CCCC[C@@H]1CNC2.